The molecule has 4 rings (SSSR count). The molecule has 0 amide bonds. The average Bonchev–Trinajstić information content (AvgIpc) is 2.75. The number of halogens is 1. The second-order valence-electron chi connectivity index (χ2n) is 7.39. The summed E-state index contributed by atoms with van der Waals surface area (Å²) in [5.74, 6) is 1.53. The molecular weight excluding hydrogens is 396 g/mol. The molecule has 5 heteroatoms. The number of benzene rings is 3. The van der Waals surface area contributed by atoms with Crippen LogP contribution in [-0.2, 0) is 6.54 Å². The number of nitrogens with zero attached hydrogens (tertiary/aromatic N) is 2. The fourth-order valence-corrected chi connectivity index (χ4v) is 3.59. The third-order valence-corrected chi connectivity index (χ3v) is 5.34. The van der Waals surface area contributed by atoms with Crippen molar-refractivity contribution >= 4 is 22.5 Å². The van der Waals surface area contributed by atoms with Gasteiger partial charge in [0.15, 0.2) is 0 Å². The molecule has 0 unspecified atom stereocenters. The minimum atomic E-state index is -0.0442. The molecule has 0 saturated carbocycles. The summed E-state index contributed by atoms with van der Waals surface area (Å²) in [4.78, 5) is 18.0. The van der Waals surface area contributed by atoms with Crippen LogP contribution in [0.4, 0.5) is 0 Å². The van der Waals surface area contributed by atoms with E-state index in [0.29, 0.717) is 41.3 Å². The van der Waals surface area contributed by atoms with E-state index in [2.05, 4.69) is 12.1 Å². The Kier molecular flexibility index (Phi) is 5.86. The Morgan fingerprint density at radius 1 is 1.00 bits per heavy atom. The topological polar surface area (TPSA) is 44.1 Å². The highest BCUT2D eigenvalue weighted by molar-refractivity contribution is 6.30. The van der Waals surface area contributed by atoms with Crippen molar-refractivity contribution in [1.82, 2.24) is 9.55 Å². The van der Waals surface area contributed by atoms with E-state index in [1.165, 1.54) is 0 Å². The minimum Gasteiger partial charge on any atom is -0.493 e. The van der Waals surface area contributed by atoms with Crippen molar-refractivity contribution in [2.45, 2.75) is 26.8 Å². The molecule has 30 heavy (non-hydrogen) atoms. The first-order valence-electron chi connectivity index (χ1n) is 9.98. The van der Waals surface area contributed by atoms with Gasteiger partial charge in [0.1, 0.15) is 11.6 Å². The standard InChI is InChI=1S/C25H23ClN2O2/c1-17-8-9-18(2)23(16-17)30-15-5-14-28-24(19-10-12-20(26)13-11-19)27-22-7-4-3-6-21(22)25(28)29/h3-4,6-13,16H,5,14-15H2,1-2H3. The maximum absolute atomic E-state index is 13.2. The van der Waals surface area contributed by atoms with Crippen molar-refractivity contribution in [1.29, 1.82) is 0 Å². The van der Waals surface area contributed by atoms with E-state index in [1.807, 2.05) is 68.4 Å². The van der Waals surface area contributed by atoms with Crippen LogP contribution in [0.2, 0.25) is 5.02 Å². The molecule has 0 radical (unpaired) electrons. The molecule has 0 aliphatic rings. The number of ether oxygens (including phenoxy) is 1. The van der Waals surface area contributed by atoms with Gasteiger partial charge in [0, 0.05) is 17.1 Å². The van der Waals surface area contributed by atoms with Crippen LogP contribution >= 0.6 is 11.6 Å². The molecule has 0 aliphatic heterocycles. The second kappa shape index (κ2) is 8.72. The molecule has 0 fully saturated rings. The zero-order chi connectivity index (χ0) is 21.1. The first kappa shape index (κ1) is 20.2. The van der Waals surface area contributed by atoms with Gasteiger partial charge in [0.25, 0.3) is 5.56 Å². The molecular formula is C25H23ClN2O2. The minimum absolute atomic E-state index is 0.0442. The molecule has 0 bridgehead atoms. The number of fused-ring (bicyclic) bond motifs is 1. The monoisotopic (exact) mass is 418 g/mol. The number of hydrogen-bond acceptors (Lipinski definition) is 3. The highest BCUT2D eigenvalue weighted by atomic mass is 35.5. The van der Waals surface area contributed by atoms with Crippen molar-refractivity contribution in [2.24, 2.45) is 0 Å². The summed E-state index contributed by atoms with van der Waals surface area (Å²) in [6, 6.07) is 21.0. The number of para-hydroxylation sites is 1. The lowest BCUT2D eigenvalue weighted by Crippen LogP contribution is -2.24. The average molecular weight is 419 g/mol. The van der Waals surface area contributed by atoms with Gasteiger partial charge >= 0.3 is 0 Å². The summed E-state index contributed by atoms with van der Waals surface area (Å²) >= 11 is 6.04. The van der Waals surface area contributed by atoms with Crippen LogP contribution in [0.25, 0.3) is 22.3 Å². The highest BCUT2D eigenvalue weighted by Gasteiger charge is 2.13. The lowest BCUT2D eigenvalue weighted by atomic mass is 10.1. The summed E-state index contributed by atoms with van der Waals surface area (Å²) in [5.41, 5.74) is 3.77. The molecule has 0 spiro atoms. The van der Waals surface area contributed by atoms with Crippen LogP contribution in [-0.4, -0.2) is 16.2 Å². The van der Waals surface area contributed by atoms with E-state index in [9.17, 15) is 4.79 Å². The molecule has 1 aromatic heterocycles. The molecule has 3 aromatic carbocycles. The number of rotatable bonds is 6. The van der Waals surface area contributed by atoms with Crippen LogP contribution in [0.3, 0.4) is 0 Å². The Morgan fingerprint density at radius 3 is 2.57 bits per heavy atom. The zero-order valence-corrected chi connectivity index (χ0v) is 17.8. The van der Waals surface area contributed by atoms with Crippen molar-refractivity contribution in [3.05, 3.63) is 93.2 Å². The smallest absolute Gasteiger partial charge is 0.261 e. The van der Waals surface area contributed by atoms with Crippen molar-refractivity contribution in [3.8, 4) is 17.1 Å². The van der Waals surface area contributed by atoms with Gasteiger partial charge in [-0.25, -0.2) is 4.98 Å². The van der Waals surface area contributed by atoms with Crippen LogP contribution in [0.5, 0.6) is 5.75 Å². The molecule has 4 nitrogen and oxygen atoms in total. The molecule has 4 aromatic rings. The van der Waals surface area contributed by atoms with Gasteiger partial charge in [-0.05, 0) is 73.9 Å². The summed E-state index contributed by atoms with van der Waals surface area (Å²) in [7, 11) is 0. The van der Waals surface area contributed by atoms with E-state index in [4.69, 9.17) is 21.3 Å². The first-order valence-corrected chi connectivity index (χ1v) is 10.4. The first-order chi connectivity index (χ1) is 14.5. The Bertz CT molecular complexity index is 1250. The Morgan fingerprint density at radius 2 is 1.77 bits per heavy atom. The second-order valence-corrected chi connectivity index (χ2v) is 7.82. The maximum atomic E-state index is 13.2. The van der Waals surface area contributed by atoms with Crippen LogP contribution in [0, 0.1) is 13.8 Å². The summed E-state index contributed by atoms with van der Waals surface area (Å²) in [6.07, 6.45) is 0.688. The van der Waals surface area contributed by atoms with Gasteiger partial charge in [-0.3, -0.25) is 9.36 Å². The zero-order valence-electron chi connectivity index (χ0n) is 17.1. The SMILES string of the molecule is Cc1ccc(C)c(OCCCn2c(-c3ccc(Cl)cc3)nc3ccccc3c2=O)c1. The van der Waals surface area contributed by atoms with E-state index >= 15 is 0 Å². The van der Waals surface area contributed by atoms with Gasteiger partial charge < -0.3 is 4.74 Å². The van der Waals surface area contributed by atoms with Gasteiger partial charge in [0.2, 0.25) is 0 Å². The number of hydrogen-bond donors (Lipinski definition) is 0. The third-order valence-electron chi connectivity index (χ3n) is 5.09. The maximum Gasteiger partial charge on any atom is 0.261 e. The van der Waals surface area contributed by atoms with E-state index in [0.717, 1.165) is 22.4 Å². The molecule has 0 saturated heterocycles. The van der Waals surface area contributed by atoms with Crippen molar-refractivity contribution in [3.63, 3.8) is 0 Å². The normalized spacial score (nSPS) is 11.0. The number of aromatic nitrogens is 2. The van der Waals surface area contributed by atoms with Crippen LogP contribution < -0.4 is 10.3 Å². The number of aryl methyl sites for hydroxylation is 2. The van der Waals surface area contributed by atoms with Gasteiger partial charge in [-0.15, -0.1) is 0 Å². The summed E-state index contributed by atoms with van der Waals surface area (Å²) in [5, 5.41) is 1.26. The largest absolute Gasteiger partial charge is 0.493 e. The fraction of sp³-hybridized carbons (Fsp3) is 0.200. The Labute approximate surface area is 180 Å². The predicted octanol–water partition coefficient (Wildman–Crippen LogP) is 5.80. The van der Waals surface area contributed by atoms with Crippen LogP contribution in [0.1, 0.15) is 17.5 Å². The molecule has 0 N–H and O–H groups in total. The fourth-order valence-electron chi connectivity index (χ4n) is 3.46. The van der Waals surface area contributed by atoms with E-state index < -0.39 is 0 Å². The molecule has 1 heterocycles. The Hall–Kier alpha value is -3.11. The van der Waals surface area contributed by atoms with Gasteiger partial charge in [-0.2, -0.15) is 0 Å². The molecule has 152 valence electrons. The van der Waals surface area contributed by atoms with Gasteiger partial charge in [-0.1, -0.05) is 35.9 Å². The molecule has 0 atom stereocenters. The van der Waals surface area contributed by atoms with E-state index in [-0.39, 0.29) is 5.56 Å². The lowest BCUT2D eigenvalue weighted by Gasteiger charge is -2.15. The van der Waals surface area contributed by atoms with Crippen molar-refractivity contribution < 1.29 is 4.74 Å². The lowest BCUT2D eigenvalue weighted by molar-refractivity contribution is 0.299. The highest BCUT2D eigenvalue weighted by Crippen LogP contribution is 2.22. The predicted molar refractivity (Wildman–Crippen MR) is 122 cm³/mol. The van der Waals surface area contributed by atoms with Gasteiger partial charge in [0.05, 0.1) is 17.5 Å². The Balaban J connectivity index is 1.62. The van der Waals surface area contributed by atoms with E-state index in [1.54, 1.807) is 4.57 Å². The summed E-state index contributed by atoms with van der Waals surface area (Å²) < 4.78 is 7.71. The molecule has 0 aliphatic carbocycles. The summed E-state index contributed by atoms with van der Waals surface area (Å²) in [6.45, 7) is 5.11. The third kappa shape index (κ3) is 4.24. The van der Waals surface area contributed by atoms with Crippen LogP contribution in [0.15, 0.2) is 71.5 Å². The quantitative estimate of drug-likeness (QED) is 0.371. The van der Waals surface area contributed by atoms with Crippen molar-refractivity contribution in [2.75, 3.05) is 6.61 Å².